The molecule has 0 amide bonds. The number of nitrogens with one attached hydrogen (secondary N) is 1. The first-order valence-corrected chi connectivity index (χ1v) is 12.4. The van der Waals surface area contributed by atoms with Gasteiger partial charge in [-0.15, -0.1) is 0 Å². The largest absolute Gasteiger partial charge is 0.494 e. The summed E-state index contributed by atoms with van der Waals surface area (Å²) in [6.07, 6.45) is 1.54. The summed E-state index contributed by atoms with van der Waals surface area (Å²) in [4.78, 5) is 26.9. The summed E-state index contributed by atoms with van der Waals surface area (Å²) in [6.45, 7) is 5.63. The Bertz CT molecular complexity index is 1490. The van der Waals surface area contributed by atoms with E-state index in [9.17, 15) is 4.79 Å². The molecule has 11 heteroatoms. The molecule has 202 valence electrons. The minimum Gasteiger partial charge on any atom is -0.494 e. The van der Waals surface area contributed by atoms with Gasteiger partial charge in [-0.05, 0) is 46.1 Å². The Labute approximate surface area is 222 Å². The van der Waals surface area contributed by atoms with Crippen molar-refractivity contribution >= 4 is 34.0 Å². The van der Waals surface area contributed by atoms with Crippen LogP contribution in [0.2, 0.25) is 0 Å². The van der Waals surface area contributed by atoms with Gasteiger partial charge in [0.25, 0.3) is 0 Å². The second-order valence-corrected chi connectivity index (χ2v) is 9.62. The fraction of sp³-hybridized carbons (Fsp3) is 0.370. The molecule has 0 unspecified atom stereocenters. The average molecular weight is 521 g/mol. The van der Waals surface area contributed by atoms with Gasteiger partial charge in [0.2, 0.25) is 5.95 Å². The molecule has 0 bridgehead atoms. The van der Waals surface area contributed by atoms with Crippen molar-refractivity contribution in [3.05, 3.63) is 53.1 Å². The first-order valence-electron chi connectivity index (χ1n) is 12.4. The predicted molar refractivity (Wildman–Crippen MR) is 153 cm³/mol. The van der Waals surface area contributed by atoms with Gasteiger partial charge in [-0.1, -0.05) is 12.1 Å². The molecule has 4 rings (SSSR count). The number of hydrogen-bond acceptors (Lipinski definition) is 9. The fourth-order valence-electron chi connectivity index (χ4n) is 4.37. The van der Waals surface area contributed by atoms with Gasteiger partial charge in [0.05, 0.1) is 48.5 Å². The highest BCUT2D eigenvalue weighted by atomic mass is 16.5. The van der Waals surface area contributed by atoms with Crippen LogP contribution in [0.15, 0.2) is 47.4 Å². The number of fused-ring (bicyclic) bond motifs is 1. The molecule has 0 saturated heterocycles. The molecule has 0 spiro atoms. The minimum absolute atomic E-state index is 0.0410. The van der Waals surface area contributed by atoms with Crippen LogP contribution in [0.3, 0.4) is 0 Å². The molecule has 11 nitrogen and oxygen atoms in total. The number of anilines is 4. The van der Waals surface area contributed by atoms with Crippen LogP contribution in [-0.4, -0.2) is 72.5 Å². The molecule has 2 aromatic carbocycles. The van der Waals surface area contributed by atoms with Gasteiger partial charge < -0.3 is 30.3 Å². The van der Waals surface area contributed by atoms with E-state index in [2.05, 4.69) is 20.1 Å². The molecule has 2 heterocycles. The summed E-state index contributed by atoms with van der Waals surface area (Å²) in [5.41, 5.74) is 9.79. The third-order valence-corrected chi connectivity index (χ3v) is 6.35. The fourth-order valence-corrected chi connectivity index (χ4v) is 4.37. The molecule has 38 heavy (non-hydrogen) atoms. The van der Waals surface area contributed by atoms with Crippen molar-refractivity contribution in [2.24, 2.45) is 0 Å². The summed E-state index contributed by atoms with van der Waals surface area (Å²) in [5.74, 6) is 1.55. The number of nitrogen functional groups attached to an aromatic ring is 1. The molecule has 0 radical (unpaired) electrons. The van der Waals surface area contributed by atoms with Crippen LogP contribution in [0.5, 0.6) is 11.5 Å². The van der Waals surface area contributed by atoms with Gasteiger partial charge in [0, 0.05) is 32.2 Å². The second kappa shape index (κ2) is 11.0. The number of hydrogen-bond donors (Lipinski definition) is 2. The van der Waals surface area contributed by atoms with Gasteiger partial charge in [0.15, 0.2) is 11.6 Å². The number of rotatable bonds is 10. The van der Waals surface area contributed by atoms with Crippen LogP contribution >= 0.6 is 0 Å². The van der Waals surface area contributed by atoms with Crippen LogP contribution in [0.4, 0.5) is 23.0 Å². The lowest BCUT2D eigenvalue weighted by molar-refractivity contribution is 0.408. The van der Waals surface area contributed by atoms with E-state index in [1.807, 2.05) is 65.3 Å². The quantitative estimate of drug-likeness (QED) is 0.303. The van der Waals surface area contributed by atoms with E-state index in [1.165, 1.54) is 13.3 Å². The van der Waals surface area contributed by atoms with Gasteiger partial charge in [-0.2, -0.15) is 4.98 Å². The Morgan fingerprint density at radius 2 is 1.71 bits per heavy atom. The topological polar surface area (TPSA) is 116 Å². The van der Waals surface area contributed by atoms with E-state index in [0.29, 0.717) is 28.7 Å². The van der Waals surface area contributed by atoms with Gasteiger partial charge >= 0.3 is 5.69 Å². The Morgan fingerprint density at radius 3 is 2.34 bits per heavy atom. The maximum absolute atomic E-state index is 13.6. The number of likely N-dealkylation sites (N-methyl/N-ethyl adjacent to an activating group) is 2. The molecule has 0 atom stereocenters. The zero-order valence-electron chi connectivity index (χ0n) is 23.0. The number of nitrogens with two attached hydrogens (primary N) is 1. The first kappa shape index (κ1) is 26.8. The third-order valence-electron chi connectivity index (χ3n) is 6.35. The van der Waals surface area contributed by atoms with Crippen molar-refractivity contribution in [2.75, 3.05) is 64.4 Å². The van der Waals surface area contributed by atoms with Crippen LogP contribution in [0.25, 0.3) is 16.9 Å². The molecule has 2 aromatic heterocycles. The maximum Gasteiger partial charge on any atom is 0.335 e. The van der Waals surface area contributed by atoms with E-state index >= 15 is 0 Å². The highest BCUT2D eigenvalue weighted by Gasteiger charge is 2.21. The highest BCUT2D eigenvalue weighted by molar-refractivity contribution is 5.80. The normalized spacial score (nSPS) is 11.4. The molecule has 4 aromatic rings. The summed E-state index contributed by atoms with van der Waals surface area (Å²) in [6, 6.07) is 11.3. The molecule has 3 N–H and O–H groups in total. The van der Waals surface area contributed by atoms with Gasteiger partial charge in [0.1, 0.15) is 5.75 Å². The van der Waals surface area contributed by atoms with Crippen molar-refractivity contribution in [1.29, 1.82) is 0 Å². The Hall–Kier alpha value is -4.25. The third kappa shape index (κ3) is 5.10. The van der Waals surface area contributed by atoms with Gasteiger partial charge in [-0.3, -0.25) is 4.57 Å². The zero-order valence-corrected chi connectivity index (χ0v) is 23.0. The van der Waals surface area contributed by atoms with E-state index in [1.54, 1.807) is 22.3 Å². The number of para-hydroxylation sites is 2. The summed E-state index contributed by atoms with van der Waals surface area (Å²) >= 11 is 0. The number of aromatic nitrogens is 4. The lowest BCUT2D eigenvalue weighted by atomic mass is 10.2. The second-order valence-electron chi connectivity index (χ2n) is 9.62. The van der Waals surface area contributed by atoms with Crippen LogP contribution in [0.1, 0.15) is 19.9 Å². The highest BCUT2D eigenvalue weighted by Crippen LogP contribution is 2.36. The number of benzene rings is 2. The average Bonchev–Trinajstić information content (AvgIpc) is 3.19. The predicted octanol–water partition coefficient (Wildman–Crippen LogP) is 3.50. The molecule has 0 aliphatic carbocycles. The van der Waals surface area contributed by atoms with Gasteiger partial charge in [-0.25, -0.2) is 14.3 Å². The number of ether oxygens (including phenoxy) is 2. The smallest absolute Gasteiger partial charge is 0.335 e. The van der Waals surface area contributed by atoms with Crippen molar-refractivity contribution in [1.82, 2.24) is 24.0 Å². The summed E-state index contributed by atoms with van der Waals surface area (Å²) < 4.78 is 14.5. The van der Waals surface area contributed by atoms with E-state index in [0.717, 1.165) is 29.8 Å². The number of imidazole rings is 1. The molecular formula is C27H36N8O3. The molecule has 0 saturated carbocycles. The molecule has 0 aliphatic heterocycles. The summed E-state index contributed by atoms with van der Waals surface area (Å²) in [7, 11) is 9.18. The first-order chi connectivity index (χ1) is 18.2. The number of methoxy groups -OCH3 is 2. The SMILES string of the molecule is COc1cc(N(C)CCN(C)C)c(N)cc1Nc1ncc(OC)c(-n2c(=O)n(C(C)C)c3ccccc32)n1. The van der Waals surface area contributed by atoms with Crippen molar-refractivity contribution in [3.63, 3.8) is 0 Å². The van der Waals surface area contributed by atoms with Crippen molar-refractivity contribution in [2.45, 2.75) is 19.9 Å². The summed E-state index contributed by atoms with van der Waals surface area (Å²) in [5, 5.41) is 3.21. The Kier molecular flexibility index (Phi) is 7.77. The lowest BCUT2D eigenvalue weighted by Gasteiger charge is -2.24. The van der Waals surface area contributed by atoms with Crippen molar-refractivity contribution < 1.29 is 9.47 Å². The zero-order chi connectivity index (χ0) is 27.6. The standard InChI is InChI=1S/C27H36N8O3/c1-17(2)34-20-10-8-9-11-21(20)35(27(34)36)25-24(38-7)16-29-26(31-25)30-19-14-18(28)22(15-23(19)37-6)33(5)13-12-32(3)4/h8-11,14-17H,12-13,28H2,1-7H3,(H,29,30,31). The Morgan fingerprint density at radius 1 is 1.03 bits per heavy atom. The van der Waals surface area contributed by atoms with Crippen LogP contribution in [-0.2, 0) is 0 Å². The van der Waals surface area contributed by atoms with Crippen LogP contribution < -0.4 is 31.1 Å². The van der Waals surface area contributed by atoms with Crippen molar-refractivity contribution in [3.8, 4) is 17.3 Å². The molecular weight excluding hydrogens is 484 g/mol. The maximum atomic E-state index is 13.6. The number of nitrogens with zero attached hydrogens (tertiary/aromatic N) is 6. The Balaban J connectivity index is 1.77. The van der Waals surface area contributed by atoms with E-state index in [4.69, 9.17) is 20.2 Å². The molecule has 0 fully saturated rings. The monoisotopic (exact) mass is 520 g/mol. The minimum atomic E-state index is -0.212. The van der Waals surface area contributed by atoms with E-state index < -0.39 is 0 Å². The molecule has 0 aliphatic rings. The lowest BCUT2D eigenvalue weighted by Crippen LogP contribution is -2.29. The van der Waals surface area contributed by atoms with E-state index in [-0.39, 0.29) is 17.7 Å². The van der Waals surface area contributed by atoms with Crippen LogP contribution in [0, 0.1) is 0 Å².